The van der Waals surface area contributed by atoms with Gasteiger partial charge in [-0.1, -0.05) is 84.7 Å². The van der Waals surface area contributed by atoms with Crippen LogP contribution in [0.1, 0.15) is 37.0 Å². The van der Waals surface area contributed by atoms with Crippen LogP contribution < -0.4 is 5.32 Å². The molecule has 0 heterocycles. The molecular formula is C28H30Cl2N2O2. The van der Waals surface area contributed by atoms with Crippen LogP contribution in [-0.4, -0.2) is 28.8 Å². The van der Waals surface area contributed by atoms with Crippen molar-refractivity contribution in [2.75, 3.05) is 0 Å². The van der Waals surface area contributed by atoms with Crippen molar-refractivity contribution < 1.29 is 9.59 Å². The van der Waals surface area contributed by atoms with E-state index in [0.29, 0.717) is 16.5 Å². The van der Waals surface area contributed by atoms with E-state index in [1.165, 1.54) is 0 Å². The zero-order valence-electron chi connectivity index (χ0n) is 19.5. The van der Waals surface area contributed by atoms with Gasteiger partial charge in [0, 0.05) is 29.1 Å². The van der Waals surface area contributed by atoms with E-state index < -0.39 is 6.04 Å². The maximum Gasteiger partial charge on any atom is 0.243 e. The van der Waals surface area contributed by atoms with Gasteiger partial charge in [0.2, 0.25) is 11.8 Å². The van der Waals surface area contributed by atoms with Crippen LogP contribution in [0.5, 0.6) is 0 Å². The summed E-state index contributed by atoms with van der Waals surface area (Å²) in [5.41, 5.74) is 2.69. The summed E-state index contributed by atoms with van der Waals surface area (Å²) in [6, 6.07) is 23.7. The molecule has 6 heteroatoms. The Balaban J connectivity index is 1.96. The van der Waals surface area contributed by atoms with Crippen molar-refractivity contribution in [3.63, 3.8) is 0 Å². The molecule has 0 saturated heterocycles. The van der Waals surface area contributed by atoms with Crippen LogP contribution in [0.4, 0.5) is 0 Å². The molecule has 2 amide bonds. The lowest BCUT2D eigenvalue weighted by Gasteiger charge is -2.32. The highest BCUT2D eigenvalue weighted by Gasteiger charge is 2.31. The highest BCUT2D eigenvalue weighted by atomic mass is 35.5. The third-order valence-electron chi connectivity index (χ3n) is 5.78. The Kier molecular flexibility index (Phi) is 9.55. The highest BCUT2D eigenvalue weighted by molar-refractivity contribution is 6.30. The molecular weight excluding hydrogens is 467 g/mol. The molecule has 0 bridgehead atoms. The van der Waals surface area contributed by atoms with Gasteiger partial charge in [-0.05, 0) is 54.3 Å². The molecule has 4 nitrogen and oxygen atoms in total. The predicted octanol–water partition coefficient (Wildman–Crippen LogP) is 6.09. The number of benzene rings is 3. The van der Waals surface area contributed by atoms with Gasteiger partial charge in [-0.25, -0.2) is 0 Å². The Hall–Kier alpha value is -2.82. The maximum absolute atomic E-state index is 13.7. The molecule has 0 spiro atoms. The maximum atomic E-state index is 13.7. The molecule has 3 rings (SSSR count). The minimum Gasteiger partial charge on any atom is -0.352 e. The minimum absolute atomic E-state index is 0.00478. The number of hydrogen-bond donors (Lipinski definition) is 1. The lowest BCUT2D eigenvalue weighted by molar-refractivity contribution is -0.141. The Labute approximate surface area is 211 Å². The highest BCUT2D eigenvalue weighted by Crippen LogP contribution is 2.19. The van der Waals surface area contributed by atoms with Gasteiger partial charge < -0.3 is 10.2 Å². The molecule has 0 saturated carbocycles. The Morgan fingerprint density at radius 2 is 1.53 bits per heavy atom. The molecule has 1 N–H and O–H groups in total. The quantitative estimate of drug-likeness (QED) is 0.369. The Morgan fingerprint density at radius 3 is 2.18 bits per heavy atom. The van der Waals surface area contributed by atoms with Crippen LogP contribution in [0.2, 0.25) is 10.0 Å². The van der Waals surface area contributed by atoms with Gasteiger partial charge in [0.15, 0.2) is 0 Å². The summed E-state index contributed by atoms with van der Waals surface area (Å²) >= 11 is 12.2. The van der Waals surface area contributed by atoms with E-state index in [9.17, 15) is 9.59 Å². The van der Waals surface area contributed by atoms with Crippen LogP contribution in [-0.2, 0) is 29.0 Å². The molecule has 0 aliphatic rings. The summed E-state index contributed by atoms with van der Waals surface area (Å²) < 4.78 is 0. The molecule has 0 unspecified atom stereocenters. The summed E-state index contributed by atoms with van der Waals surface area (Å²) in [4.78, 5) is 28.8. The number of amides is 2. The van der Waals surface area contributed by atoms with Crippen LogP contribution >= 0.6 is 23.2 Å². The zero-order chi connectivity index (χ0) is 24.5. The predicted molar refractivity (Wildman–Crippen MR) is 139 cm³/mol. The molecule has 178 valence electrons. The number of carbonyl (C=O) groups excluding carboxylic acids is 2. The molecule has 0 aliphatic carbocycles. The van der Waals surface area contributed by atoms with Gasteiger partial charge in [0.05, 0.1) is 6.42 Å². The van der Waals surface area contributed by atoms with E-state index in [4.69, 9.17) is 23.2 Å². The van der Waals surface area contributed by atoms with E-state index in [2.05, 4.69) is 5.32 Å². The van der Waals surface area contributed by atoms with Crippen molar-refractivity contribution in [3.8, 4) is 0 Å². The standard InChI is InChI=1S/C28H30Cl2N2O2/c1-3-20(2)31-28(34)26(17-21-8-5-4-6-9-21)32(19-23-10-7-11-25(30)16-23)27(33)18-22-12-14-24(29)15-13-22/h4-16,20,26H,3,17-19H2,1-2H3,(H,31,34)/t20-,26-/m1/s1. The average molecular weight is 497 g/mol. The molecule has 3 aromatic carbocycles. The fourth-order valence-corrected chi connectivity index (χ4v) is 4.04. The van der Waals surface area contributed by atoms with E-state index in [0.717, 1.165) is 23.1 Å². The zero-order valence-corrected chi connectivity index (χ0v) is 21.0. The molecule has 3 aromatic rings. The second kappa shape index (κ2) is 12.6. The number of hydrogen-bond acceptors (Lipinski definition) is 2. The van der Waals surface area contributed by atoms with E-state index in [1.807, 2.05) is 74.5 Å². The molecule has 0 aromatic heterocycles. The van der Waals surface area contributed by atoms with Crippen molar-refractivity contribution in [1.82, 2.24) is 10.2 Å². The van der Waals surface area contributed by atoms with Crippen molar-refractivity contribution in [1.29, 1.82) is 0 Å². The lowest BCUT2D eigenvalue weighted by atomic mass is 10.0. The van der Waals surface area contributed by atoms with Gasteiger partial charge in [0.25, 0.3) is 0 Å². The summed E-state index contributed by atoms with van der Waals surface area (Å²) in [7, 11) is 0. The van der Waals surface area contributed by atoms with Gasteiger partial charge in [-0.15, -0.1) is 0 Å². The third-order valence-corrected chi connectivity index (χ3v) is 6.27. The number of halogens is 2. The number of nitrogens with zero attached hydrogens (tertiary/aromatic N) is 1. The molecule has 2 atom stereocenters. The first kappa shape index (κ1) is 25.8. The van der Waals surface area contributed by atoms with E-state index in [-0.39, 0.29) is 30.8 Å². The van der Waals surface area contributed by atoms with Crippen LogP contribution in [0, 0.1) is 0 Å². The van der Waals surface area contributed by atoms with E-state index >= 15 is 0 Å². The van der Waals surface area contributed by atoms with Crippen LogP contribution in [0.3, 0.4) is 0 Å². The minimum atomic E-state index is -0.671. The average Bonchev–Trinajstić information content (AvgIpc) is 2.83. The van der Waals surface area contributed by atoms with Crippen molar-refractivity contribution >= 4 is 35.0 Å². The van der Waals surface area contributed by atoms with Gasteiger partial charge in [-0.2, -0.15) is 0 Å². The topological polar surface area (TPSA) is 49.4 Å². The van der Waals surface area contributed by atoms with Gasteiger partial charge in [-0.3, -0.25) is 9.59 Å². The Morgan fingerprint density at radius 1 is 0.853 bits per heavy atom. The smallest absolute Gasteiger partial charge is 0.243 e. The second-order valence-electron chi connectivity index (χ2n) is 8.48. The van der Waals surface area contributed by atoms with Crippen LogP contribution in [0.15, 0.2) is 78.9 Å². The molecule has 0 fully saturated rings. The van der Waals surface area contributed by atoms with Gasteiger partial charge >= 0.3 is 0 Å². The monoisotopic (exact) mass is 496 g/mol. The Bertz CT molecular complexity index is 1090. The fraction of sp³-hybridized carbons (Fsp3) is 0.286. The van der Waals surface area contributed by atoms with E-state index in [1.54, 1.807) is 23.1 Å². The SMILES string of the molecule is CC[C@@H](C)NC(=O)[C@@H](Cc1ccccc1)N(Cc1cccc(Cl)c1)C(=O)Cc1ccc(Cl)cc1. The van der Waals surface area contributed by atoms with Crippen molar-refractivity contribution in [2.24, 2.45) is 0 Å². The normalized spacial score (nSPS) is 12.6. The van der Waals surface area contributed by atoms with Crippen molar-refractivity contribution in [2.45, 2.75) is 51.7 Å². The first-order valence-corrected chi connectivity index (χ1v) is 12.2. The first-order chi connectivity index (χ1) is 16.4. The summed E-state index contributed by atoms with van der Waals surface area (Å²) in [6.45, 7) is 4.26. The molecule has 0 aliphatic heterocycles. The summed E-state index contributed by atoms with van der Waals surface area (Å²) in [6.07, 6.45) is 1.38. The van der Waals surface area contributed by atoms with Crippen molar-refractivity contribution in [3.05, 3.63) is 106 Å². The first-order valence-electron chi connectivity index (χ1n) is 11.5. The second-order valence-corrected chi connectivity index (χ2v) is 9.35. The van der Waals surface area contributed by atoms with Crippen LogP contribution in [0.25, 0.3) is 0 Å². The number of nitrogens with one attached hydrogen (secondary N) is 1. The molecule has 0 radical (unpaired) electrons. The lowest BCUT2D eigenvalue weighted by Crippen LogP contribution is -2.52. The fourth-order valence-electron chi connectivity index (χ4n) is 3.71. The number of carbonyl (C=O) groups is 2. The summed E-state index contributed by atoms with van der Waals surface area (Å²) in [5, 5.41) is 4.28. The number of rotatable bonds is 10. The molecule has 34 heavy (non-hydrogen) atoms. The van der Waals surface area contributed by atoms with Gasteiger partial charge in [0.1, 0.15) is 6.04 Å². The summed E-state index contributed by atoms with van der Waals surface area (Å²) in [5.74, 6) is -0.299. The third kappa shape index (κ3) is 7.61. The largest absolute Gasteiger partial charge is 0.352 e.